The van der Waals surface area contributed by atoms with E-state index in [2.05, 4.69) is 22.2 Å². The smallest absolute Gasteiger partial charge is 0.111 e. The summed E-state index contributed by atoms with van der Waals surface area (Å²) in [5, 5.41) is 10.1. The predicted molar refractivity (Wildman–Crippen MR) is 65.7 cm³/mol. The molecule has 1 aromatic rings. The normalized spacial score (nSPS) is 13.9. The van der Waals surface area contributed by atoms with E-state index in [1.807, 2.05) is 43.1 Å². The second-order valence-electron chi connectivity index (χ2n) is 3.00. The number of hydrogen-bond acceptors (Lipinski definition) is 4. The van der Waals surface area contributed by atoms with Gasteiger partial charge in [-0.2, -0.15) is 0 Å². The highest BCUT2D eigenvalue weighted by Crippen LogP contribution is 2.17. The summed E-state index contributed by atoms with van der Waals surface area (Å²) in [5.74, 6) is 0. The van der Waals surface area contributed by atoms with Crippen molar-refractivity contribution >= 4 is 5.70 Å². The molecule has 1 aliphatic rings. The first kappa shape index (κ1) is 12.4. The van der Waals surface area contributed by atoms with Crippen molar-refractivity contribution in [1.29, 1.82) is 0 Å². The Morgan fingerprint density at radius 1 is 1.31 bits per heavy atom. The van der Waals surface area contributed by atoms with E-state index in [-0.39, 0.29) is 0 Å². The van der Waals surface area contributed by atoms with Gasteiger partial charge in [-0.1, -0.05) is 25.1 Å². The standard InChI is InChI=1S/C10H12N4.C2H6/c1-2-14-8-6-10(12-13-14)9-5-3-4-7-11-9;1-2/h3-7H,2,8H2,1H3;1-2H3. The molecule has 0 spiro atoms. The van der Waals surface area contributed by atoms with Gasteiger partial charge in [0.15, 0.2) is 0 Å². The Hall–Kier alpha value is -1.71. The van der Waals surface area contributed by atoms with Crippen molar-refractivity contribution in [1.82, 2.24) is 9.99 Å². The number of hydrogen-bond donors (Lipinski definition) is 0. The molecular formula is C12H18N4. The third-order valence-electron chi connectivity index (χ3n) is 2.07. The fraction of sp³-hybridized carbons (Fsp3) is 0.417. The quantitative estimate of drug-likeness (QED) is 0.765. The van der Waals surface area contributed by atoms with Gasteiger partial charge in [-0.15, -0.1) is 5.11 Å². The second-order valence-corrected chi connectivity index (χ2v) is 3.00. The molecule has 2 rings (SSSR count). The van der Waals surface area contributed by atoms with Crippen molar-refractivity contribution in [2.45, 2.75) is 20.8 Å². The van der Waals surface area contributed by atoms with E-state index < -0.39 is 0 Å². The van der Waals surface area contributed by atoms with Gasteiger partial charge in [0.25, 0.3) is 0 Å². The lowest BCUT2D eigenvalue weighted by molar-refractivity contribution is 0.310. The van der Waals surface area contributed by atoms with E-state index in [1.165, 1.54) is 0 Å². The summed E-state index contributed by atoms with van der Waals surface area (Å²) in [5.41, 5.74) is 1.74. The molecule has 0 saturated carbocycles. The van der Waals surface area contributed by atoms with Crippen molar-refractivity contribution in [3.05, 3.63) is 36.2 Å². The maximum absolute atomic E-state index is 4.21. The van der Waals surface area contributed by atoms with E-state index >= 15 is 0 Å². The summed E-state index contributed by atoms with van der Waals surface area (Å²) in [6.45, 7) is 7.75. The molecule has 2 heterocycles. The van der Waals surface area contributed by atoms with Crippen LogP contribution in [-0.4, -0.2) is 23.1 Å². The van der Waals surface area contributed by atoms with Crippen LogP contribution < -0.4 is 0 Å². The molecule has 0 aliphatic carbocycles. The molecule has 0 saturated heterocycles. The third-order valence-corrected chi connectivity index (χ3v) is 2.07. The average Bonchev–Trinajstić information content (AvgIpc) is 2.42. The molecule has 0 radical (unpaired) electrons. The largest absolute Gasteiger partial charge is 0.275 e. The van der Waals surface area contributed by atoms with Crippen LogP contribution in [0.5, 0.6) is 0 Å². The zero-order valence-electron chi connectivity index (χ0n) is 10.1. The molecule has 0 fully saturated rings. The van der Waals surface area contributed by atoms with Crippen molar-refractivity contribution < 1.29 is 0 Å². The van der Waals surface area contributed by atoms with Gasteiger partial charge in [0.2, 0.25) is 0 Å². The summed E-state index contributed by atoms with van der Waals surface area (Å²) < 4.78 is 0. The first-order chi connectivity index (χ1) is 7.90. The number of likely N-dealkylation sites (N-methyl/N-ethyl adjacent to an activating group) is 1. The van der Waals surface area contributed by atoms with Gasteiger partial charge in [0, 0.05) is 12.7 Å². The molecule has 0 bridgehead atoms. The van der Waals surface area contributed by atoms with Crippen LogP contribution in [0.3, 0.4) is 0 Å². The van der Waals surface area contributed by atoms with Crippen LogP contribution in [0.1, 0.15) is 26.5 Å². The second kappa shape index (κ2) is 6.71. The maximum atomic E-state index is 4.21. The Labute approximate surface area is 96.7 Å². The molecule has 0 atom stereocenters. The van der Waals surface area contributed by atoms with Crippen LogP contribution in [0.15, 0.2) is 40.8 Å². The number of aromatic nitrogens is 1. The molecule has 4 nitrogen and oxygen atoms in total. The predicted octanol–water partition coefficient (Wildman–Crippen LogP) is 3.15. The van der Waals surface area contributed by atoms with Crippen molar-refractivity contribution in [2.24, 2.45) is 10.3 Å². The molecule has 0 N–H and O–H groups in total. The Morgan fingerprint density at radius 2 is 2.12 bits per heavy atom. The summed E-state index contributed by atoms with van der Waals surface area (Å²) in [7, 11) is 0. The molecule has 1 aromatic heterocycles. The lowest BCUT2D eigenvalue weighted by Gasteiger charge is -2.16. The Balaban J connectivity index is 0.000000606. The Morgan fingerprint density at radius 3 is 2.62 bits per heavy atom. The topological polar surface area (TPSA) is 40.9 Å². The minimum Gasteiger partial charge on any atom is -0.275 e. The van der Waals surface area contributed by atoms with Crippen molar-refractivity contribution in [2.75, 3.05) is 13.1 Å². The van der Waals surface area contributed by atoms with Crippen molar-refractivity contribution in [3.8, 4) is 0 Å². The van der Waals surface area contributed by atoms with Gasteiger partial charge in [-0.3, -0.25) is 9.99 Å². The SMILES string of the molecule is CC.CCN1CC=C(c2ccccn2)N=N1. The van der Waals surface area contributed by atoms with Crippen LogP contribution in [-0.2, 0) is 0 Å². The lowest BCUT2D eigenvalue weighted by atomic mass is 10.2. The van der Waals surface area contributed by atoms with Gasteiger partial charge in [0.1, 0.15) is 5.70 Å². The summed E-state index contributed by atoms with van der Waals surface area (Å²) in [4.78, 5) is 4.21. The number of nitrogens with zero attached hydrogens (tertiary/aromatic N) is 4. The Bertz CT molecular complexity index is 357. The van der Waals surface area contributed by atoms with Crippen LogP contribution >= 0.6 is 0 Å². The van der Waals surface area contributed by atoms with Gasteiger partial charge < -0.3 is 0 Å². The molecule has 4 heteroatoms. The highest BCUT2D eigenvalue weighted by molar-refractivity contribution is 5.61. The number of rotatable bonds is 2. The maximum Gasteiger partial charge on any atom is 0.111 e. The monoisotopic (exact) mass is 218 g/mol. The van der Waals surface area contributed by atoms with Gasteiger partial charge in [0.05, 0.1) is 12.2 Å². The molecule has 16 heavy (non-hydrogen) atoms. The summed E-state index contributed by atoms with van der Waals surface area (Å²) in [6.07, 6.45) is 3.80. The van der Waals surface area contributed by atoms with Crippen LogP contribution in [0.25, 0.3) is 5.70 Å². The molecule has 0 aromatic carbocycles. The summed E-state index contributed by atoms with van der Waals surface area (Å²) >= 11 is 0. The van der Waals surface area contributed by atoms with Crippen LogP contribution in [0.4, 0.5) is 0 Å². The minimum absolute atomic E-state index is 0.811. The minimum atomic E-state index is 0.811. The van der Waals surface area contributed by atoms with E-state index in [0.29, 0.717) is 0 Å². The lowest BCUT2D eigenvalue weighted by Crippen LogP contribution is -2.18. The fourth-order valence-electron chi connectivity index (χ4n) is 1.24. The molecule has 0 amide bonds. The zero-order valence-corrected chi connectivity index (χ0v) is 10.1. The number of pyridine rings is 1. The van der Waals surface area contributed by atoms with Crippen molar-refractivity contribution in [3.63, 3.8) is 0 Å². The van der Waals surface area contributed by atoms with Gasteiger partial charge in [-0.05, 0) is 25.1 Å². The zero-order chi connectivity index (χ0) is 11.8. The third kappa shape index (κ3) is 3.15. The van der Waals surface area contributed by atoms with Gasteiger partial charge in [-0.25, -0.2) is 0 Å². The highest BCUT2D eigenvalue weighted by Gasteiger charge is 2.07. The van der Waals surface area contributed by atoms with Crippen LogP contribution in [0, 0.1) is 0 Å². The molecule has 86 valence electrons. The molecular weight excluding hydrogens is 200 g/mol. The highest BCUT2D eigenvalue weighted by atomic mass is 15.5. The fourth-order valence-corrected chi connectivity index (χ4v) is 1.24. The van der Waals surface area contributed by atoms with E-state index in [1.54, 1.807) is 6.20 Å². The molecule has 1 aliphatic heterocycles. The summed E-state index contributed by atoms with van der Waals surface area (Å²) in [6, 6.07) is 5.78. The van der Waals surface area contributed by atoms with E-state index in [4.69, 9.17) is 0 Å². The average molecular weight is 218 g/mol. The van der Waals surface area contributed by atoms with Crippen LogP contribution in [0.2, 0.25) is 0 Å². The van der Waals surface area contributed by atoms with E-state index in [9.17, 15) is 0 Å². The Kier molecular flexibility index (Phi) is 5.19. The first-order valence-corrected chi connectivity index (χ1v) is 5.68. The van der Waals surface area contributed by atoms with Gasteiger partial charge >= 0.3 is 0 Å². The first-order valence-electron chi connectivity index (χ1n) is 5.68. The van der Waals surface area contributed by atoms with E-state index in [0.717, 1.165) is 24.5 Å². The molecule has 0 unspecified atom stereocenters.